The van der Waals surface area contributed by atoms with Crippen LogP contribution in [0.2, 0.25) is 0 Å². The van der Waals surface area contributed by atoms with E-state index in [1.54, 1.807) is 28.9 Å². The Balaban J connectivity index is 1.66. The molecule has 1 aromatic carbocycles. The molecular weight excluding hydrogens is 323 g/mol. The van der Waals surface area contributed by atoms with E-state index in [0.29, 0.717) is 5.56 Å². The molecule has 1 aliphatic carbocycles. The van der Waals surface area contributed by atoms with Gasteiger partial charge in [0.05, 0.1) is 12.6 Å². The number of benzene rings is 1. The molecule has 0 aliphatic heterocycles. The predicted molar refractivity (Wildman–Crippen MR) is 90.0 cm³/mol. The van der Waals surface area contributed by atoms with Crippen molar-refractivity contribution in [3.8, 4) is 0 Å². The molecule has 1 aliphatic rings. The lowest BCUT2D eigenvalue weighted by Gasteiger charge is -2.23. The molecule has 1 saturated carbocycles. The summed E-state index contributed by atoms with van der Waals surface area (Å²) < 4.78 is 16.6. The summed E-state index contributed by atoms with van der Waals surface area (Å²) in [5.74, 6) is 0.657. The van der Waals surface area contributed by atoms with Crippen LogP contribution in [-0.4, -0.2) is 30.4 Å². The monoisotopic (exact) mass is 342 g/mol. The highest BCUT2D eigenvalue weighted by atomic mass is 19.1. The van der Waals surface area contributed by atoms with Crippen molar-refractivity contribution in [3.63, 3.8) is 0 Å². The molecule has 2 aromatic heterocycles. The van der Waals surface area contributed by atoms with Crippen LogP contribution in [0.5, 0.6) is 0 Å². The number of aliphatic hydroxyl groups excluding tert-OH is 1. The van der Waals surface area contributed by atoms with Gasteiger partial charge >= 0.3 is 0 Å². The van der Waals surface area contributed by atoms with Crippen molar-refractivity contribution in [1.29, 1.82) is 0 Å². The van der Waals surface area contributed by atoms with Gasteiger partial charge in [0.1, 0.15) is 11.6 Å². The van der Waals surface area contributed by atoms with Crippen LogP contribution in [0.1, 0.15) is 43.0 Å². The molecule has 0 unspecified atom stereocenters. The summed E-state index contributed by atoms with van der Waals surface area (Å²) in [6, 6.07) is 6.20. The van der Waals surface area contributed by atoms with Crippen LogP contribution in [0, 0.1) is 5.82 Å². The van der Waals surface area contributed by atoms with Crippen LogP contribution in [0.25, 0.3) is 5.65 Å². The molecule has 0 saturated heterocycles. The highest BCUT2D eigenvalue weighted by Gasteiger charge is 2.25. The molecule has 25 heavy (non-hydrogen) atoms. The number of halogens is 1. The highest BCUT2D eigenvalue weighted by molar-refractivity contribution is 5.36. The minimum atomic E-state index is -0.323. The number of nitrogens with zero attached hydrogens (tertiary/aromatic N) is 4. The third-order valence-corrected chi connectivity index (χ3v) is 4.87. The fourth-order valence-corrected chi connectivity index (χ4v) is 3.51. The first kappa shape index (κ1) is 16.0. The van der Waals surface area contributed by atoms with Crippen LogP contribution >= 0.6 is 0 Å². The molecule has 4 rings (SSSR count). The van der Waals surface area contributed by atoms with Gasteiger partial charge in [-0.15, -0.1) is 10.2 Å². The zero-order valence-electron chi connectivity index (χ0n) is 13.7. The van der Waals surface area contributed by atoms with Gasteiger partial charge in [-0.25, -0.2) is 4.39 Å². The first-order valence-corrected chi connectivity index (χ1v) is 8.48. The summed E-state index contributed by atoms with van der Waals surface area (Å²) in [7, 11) is 0. The number of fused-ring (bicyclic) bond motifs is 1. The largest absolute Gasteiger partial charge is 0.393 e. The van der Waals surface area contributed by atoms with E-state index in [4.69, 9.17) is 0 Å². The molecule has 0 spiro atoms. The highest BCUT2D eigenvalue weighted by Crippen LogP contribution is 2.31. The molecule has 0 radical (unpaired) electrons. The molecule has 2 heterocycles. The molecule has 1 N–H and O–H groups in total. The SMILES string of the molecule is O=c1c2nnc([C@H]3CC[C@@H](O)CC3)n2ccn1Cc1cccc(F)c1. The van der Waals surface area contributed by atoms with Crippen LogP contribution < -0.4 is 5.56 Å². The second-order valence-electron chi connectivity index (χ2n) is 6.62. The maximum Gasteiger partial charge on any atom is 0.296 e. The van der Waals surface area contributed by atoms with Crippen molar-refractivity contribution in [2.45, 2.75) is 44.2 Å². The summed E-state index contributed by atoms with van der Waals surface area (Å²) in [6.45, 7) is 0.283. The number of hydrogen-bond acceptors (Lipinski definition) is 4. The average Bonchev–Trinajstić information content (AvgIpc) is 3.03. The first-order valence-electron chi connectivity index (χ1n) is 8.48. The summed E-state index contributed by atoms with van der Waals surface area (Å²) >= 11 is 0. The molecule has 7 heteroatoms. The zero-order valence-corrected chi connectivity index (χ0v) is 13.7. The first-order chi connectivity index (χ1) is 12.1. The standard InChI is InChI=1S/C18H19FN4O2/c19-14-3-1-2-12(10-14)11-22-8-9-23-16(20-21-17(23)18(22)25)13-4-6-15(24)7-5-13/h1-3,8-10,13,15,24H,4-7,11H2/t13-,15+. The van der Waals surface area contributed by atoms with Gasteiger partial charge in [0, 0.05) is 18.3 Å². The van der Waals surface area contributed by atoms with Crippen LogP contribution in [0.15, 0.2) is 41.5 Å². The Morgan fingerprint density at radius 2 is 1.96 bits per heavy atom. The summed E-state index contributed by atoms with van der Waals surface area (Å²) in [6.07, 6.45) is 6.41. The lowest BCUT2D eigenvalue weighted by molar-refractivity contribution is 0.121. The Kier molecular flexibility index (Phi) is 4.09. The Bertz CT molecular complexity index is 957. The topological polar surface area (TPSA) is 72.4 Å². The third-order valence-electron chi connectivity index (χ3n) is 4.87. The van der Waals surface area contributed by atoms with Crippen LogP contribution in [0.4, 0.5) is 4.39 Å². The van der Waals surface area contributed by atoms with Gasteiger partial charge in [-0.3, -0.25) is 9.20 Å². The van der Waals surface area contributed by atoms with E-state index in [1.165, 1.54) is 16.7 Å². The van der Waals surface area contributed by atoms with Crippen molar-refractivity contribution in [1.82, 2.24) is 19.2 Å². The van der Waals surface area contributed by atoms with E-state index in [-0.39, 0.29) is 35.6 Å². The van der Waals surface area contributed by atoms with Gasteiger partial charge in [-0.05, 0) is 43.4 Å². The summed E-state index contributed by atoms with van der Waals surface area (Å²) in [5, 5.41) is 18.0. The smallest absolute Gasteiger partial charge is 0.296 e. The molecular formula is C18H19FN4O2. The van der Waals surface area contributed by atoms with Gasteiger partial charge in [0.25, 0.3) is 5.56 Å². The van der Waals surface area contributed by atoms with Gasteiger partial charge in [0.2, 0.25) is 5.65 Å². The minimum absolute atomic E-state index is 0.205. The predicted octanol–water partition coefficient (Wildman–Crippen LogP) is 2.10. The van der Waals surface area contributed by atoms with Crippen molar-refractivity contribution in [2.24, 2.45) is 0 Å². The van der Waals surface area contributed by atoms with Gasteiger partial charge in [-0.2, -0.15) is 0 Å². The van der Waals surface area contributed by atoms with Gasteiger partial charge < -0.3 is 9.67 Å². The van der Waals surface area contributed by atoms with E-state index in [2.05, 4.69) is 10.2 Å². The fraction of sp³-hybridized carbons (Fsp3) is 0.389. The van der Waals surface area contributed by atoms with Crippen molar-refractivity contribution >= 4 is 5.65 Å². The minimum Gasteiger partial charge on any atom is -0.393 e. The lowest BCUT2D eigenvalue weighted by atomic mass is 9.87. The number of rotatable bonds is 3. The number of hydrogen-bond donors (Lipinski definition) is 1. The molecule has 130 valence electrons. The number of aromatic nitrogens is 4. The molecule has 6 nitrogen and oxygen atoms in total. The molecule has 0 bridgehead atoms. The molecule has 3 aromatic rings. The van der Waals surface area contributed by atoms with Crippen LogP contribution in [0.3, 0.4) is 0 Å². The molecule has 0 atom stereocenters. The zero-order chi connectivity index (χ0) is 17.4. The molecule has 1 fully saturated rings. The third kappa shape index (κ3) is 3.07. The maximum absolute atomic E-state index is 13.3. The second-order valence-corrected chi connectivity index (χ2v) is 6.62. The van der Waals surface area contributed by atoms with Gasteiger partial charge in [-0.1, -0.05) is 12.1 Å². The summed E-state index contributed by atoms with van der Waals surface area (Å²) in [4.78, 5) is 12.7. The van der Waals surface area contributed by atoms with E-state index < -0.39 is 0 Å². The Labute approximate surface area is 143 Å². The second kappa shape index (κ2) is 6.40. The van der Waals surface area contributed by atoms with E-state index in [9.17, 15) is 14.3 Å². The van der Waals surface area contributed by atoms with Crippen molar-refractivity contribution in [2.75, 3.05) is 0 Å². The normalized spacial score (nSPS) is 20.9. The summed E-state index contributed by atoms with van der Waals surface area (Å²) in [5.41, 5.74) is 0.744. The van der Waals surface area contributed by atoms with Crippen molar-refractivity contribution < 1.29 is 9.50 Å². The van der Waals surface area contributed by atoms with Crippen LogP contribution in [-0.2, 0) is 6.54 Å². The van der Waals surface area contributed by atoms with Gasteiger partial charge in [0.15, 0.2) is 0 Å². The Hall–Kier alpha value is -2.54. The Morgan fingerprint density at radius 1 is 1.16 bits per heavy atom. The molecule has 0 amide bonds. The Morgan fingerprint density at radius 3 is 2.72 bits per heavy atom. The van der Waals surface area contributed by atoms with E-state index in [1.807, 2.05) is 0 Å². The maximum atomic E-state index is 13.3. The van der Waals surface area contributed by atoms with E-state index in [0.717, 1.165) is 31.5 Å². The number of aliphatic hydroxyl groups is 1. The lowest BCUT2D eigenvalue weighted by Crippen LogP contribution is -2.23. The quantitative estimate of drug-likeness (QED) is 0.791. The van der Waals surface area contributed by atoms with Crippen molar-refractivity contribution in [3.05, 3.63) is 64.2 Å². The fourth-order valence-electron chi connectivity index (χ4n) is 3.51. The van der Waals surface area contributed by atoms with E-state index >= 15 is 0 Å². The average molecular weight is 342 g/mol.